The van der Waals surface area contributed by atoms with Crippen molar-refractivity contribution in [1.29, 1.82) is 0 Å². The molecule has 0 amide bonds. The van der Waals surface area contributed by atoms with Crippen LogP contribution in [0.25, 0.3) is 22.6 Å². The molecule has 4 rings (SSSR count). The van der Waals surface area contributed by atoms with Crippen LogP contribution in [0.1, 0.15) is 37.3 Å². The Labute approximate surface area is 192 Å². The van der Waals surface area contributed by atoms with Crippen molar-refractivity contribution in [2.45, 2.75) is 26.2 Å². The number of phenols is 1. The normalized spacial score (nSPS) is 12.5. The average Bonchev–Trinajstić information content (AvgIpc) is 3.23. The summed E-state index contributed by atoms with van der Waals surface area (Å²) in [4.78, 5) is 19.6. The fraction of sp³-hybridized carbons (Fsp3) is 0.167. The molecule has 32 heavy (non-hydrogen) atoms. The zero-order valence-electron chi connectivity index (χ0n) is 17.4. The van der Waals surface area contributed by atoms with Gasteiger partial charge in [0.15, 0.2) is 5.58 Å². The van der Waals surface area contributed by atoms with Crippen LogP contribution in [0.15, 0.2) is 68.5 Å². The van der Waals surface area contributed by atoms with Gasteiger partial charge in [-0.3, -0.25) is 15.1 Å². The van der Waals surface area contributed by atoms with E-state index >= 15 is 0 Å². The van der Waals surface area contributed by atoms with Gasteiger partial charge >= 0.3 is 0 Å². The van der Waals surface area contributed by atoms with E-state index in [0.29, 0.717) is 23.1 Å². The minimum atomic E-state index is -0.526. The molecular weight excluding hydrogens is 474 g/mol. The van der Waals surface area contributed by atoms with Crippen molar-refractivity contribution >= 4 is 44.6 Å². The number of hydrogen-bond donors (Lipinski definition) is 1. The maximum absolute atomic E-state index is 11.1. The Morgan fingerprint density at radius 3 is 2.81 bits per heavy atom. The van der Waals surface area contributed by atoms with Crippen LogP contribution in [0.2, 0.25) is 0 Å². The van der Waals surface area contributed by atoms with Crippen LogP contribution in [0, 0.1) is 10.1 Å². The van der Waals surface area contributed by atoms with Crippen molar-refractivity contribution in [1.82, 2.24) is 4.98 Å². The number of rotatable bonds is 6. The SMILES string of the molecule is CCC(C)c1ccc2oc(-c3cccc(N=Cc4cc([N+](=O)[O-])cc(Br)c4O)c3)nc2c1. The number of nitro groups is 1. The molecule has 0 aliphatic rings. The smallest absolute Gasteiger partial charge is 0.271 e. The fourth-order valence-electron chi connectivity index (χ4n) is 3.28. The number of aliphatic imine (C=N–C) groups is 1. The zero-order chi connectivity index (χ0) is 22.8. The van der Waals surface area contributed by atoms with Crippen molar-refractivity contribution in [3.63, 3.8) is 0 Å². The van der Waals surface area contributed by atoms with E-state index in [1.807, 2.05) is 18.2 Å². The van der Waals surface area contributed by atoms with Gasteiger partial charge in [-0.05, 0) is 64.2 Å². The van der Waals surface area contributed by atoms with E-state index in [4.69, 9.17) is 4.42 Å². The van der Waals surface area contributed by atoms with Gasteiger partial charge in [0.25, 0.3) is 5.69 Å². The standard InChI is InChI=1S/C24H20BrN3O4/c1-3-14(2)15-7-8-22-21(11-15)27-24(32-22)16-5-4-6-18(9-16)26-13-17-10-19(28(30)31)12-20(25)23(17)29/h4-14,29H,3H2,1-2H3. The third-order valence-corrected chi connectivity index (χ3v) is 5.93. The quantitative estimate of drug-likeness (QED) is 0.174. The maximum Gasteiger partial charge on any atom is 0.271 e. The molecule has 1 unspecified atom stereocenters. The second-order valence-corrected chi connectivity index (χ2v) is 8.34. The number of hydrogen-bond acceptors (Lipinski definition) is 6. The van der Waals surface area contributed by atoms with E-state index in [0.717, 1.165) is 17.5 Å². The number of halogens is 1. The Bertz CT molecular complexity index is 1350. The number of oxazole rings is 1. The third kappa shape index (κ3) is 4.40. The Morgan fingerprint density at radius 2 is 2.06 bits per heavy atom. The van der Waals surface area contributed by atoms with Crippen molar-refractivity contribution < 1.29 is 14.4 Å². The summed E-state index contributed by atoms with van der Waals surface area (Å²) in [7, 11) is 0. The minimum absolute atomic E-state index is 0.119. The molecule has 1 aromatic heterocycles. The molecule has 0 fully saturated rings. The molecule has 7 nitrogen and oxygen atoms in total. The predicted molar refractivity (Wildman–Crippen MR) is 128 cm³/mol. The number of aromatic nitrogens is 1. The highest BCUT2D eigenvalue weighted by atomic mass is 79.9. The Hall–Kier alpha value is -3.52. The molecule has 1 N–H and O–H groups in total. The molecule has 0 saturated carbocycles. The lowest BCUT2D eigenvalue weighted by molar-refractivity contribution is -0.385. The van der Waals surface area contributed by atoms with Crippen molar-refractivity contribution in [2.24, 2.45) is 4.99 Å². The molecule has 0 radical (unpaired) electrons. The number of non-ortho nitro benzene ring substituents is 1. The topological polar surface area (TPSA) is 102 Å². The van der Waals surface area contributed by atoms with Crippen LogP contribution in [0.5, 0.6) is 5.75 Å². The molecule has 3 aromatic carbocycles. The van der Waals surface area contributed by atoms with Crippen LogP contribution >= 0.6 is 15.9 Å². The van der Waals surface area contributed by atoms with Gasteiger partial charge in [-0.2, -0.15) is 0 Å². The second kappa shape index (κ2) is 8.92. The maximum atomic E-state index is 11.1. The summed E-state index contributed by atoms with van der Waals surface area (Å²) in [5.41, 5.74) is 4.17. The summed E-state index contributed by atoms with van der Waals surface area (Å²) in [5.74, 6) is 0.813. The fourth-order valence-corrected chi connectivity index (χ4v) is 3.75. The van der Waals surface area contributed by atoms with Gasteiger partial charge in [0, 0.05) is 29.5 Å². The first-order chi connectivity index (χ1) is 15.4. The van der Waals surface area contributed by atoms with Crippen LogP contribution in [-0.4, -0.2) is 21.2 Å². The molecule has 0 saturated heterocycles. The van der Waals surface area contributed by atoms with Crippen LogP contribution < -0.4 is 0 Å². The molecule has 0 aliphatic heterocycles. The number of nitro benzene ring substituents is 1. The van der Waals surface area contributed by atoms with E-state index in [-0.39, 0.29) is 21.5 Å². The summed E-state index contributed by atoms with van der Waals surface area (Å²) in [6.07, 6.45) is 2.43. The van der Waals surface area contributed by atoms with Crippen molar-refractivity contribution in [2.75, 3.05) is 0 Å². The van der Waals surface area contributed by atoms with E-state index in [2.05, 4.69) is 51.9 Å². The number of aromatic hydroxyl groups is 1. The molecule has 0 aliphatic carbocycles. The van der Waals surface area contributed by atoms with Gasteiger partial charge in [0.05, 0.1) is 15.1 Å². The molecule has 8 heteroatoms. The third-order valence-electron chi connectivity index (χ3n) is 5.33. The van der Waals surface area contributed by atoms with E-state index in [1.54, 1.807) is 12.1 Å². The lowest BCUT2D eigenvalue weighted by atomic mass is 9.98. The van der Waals surface area contributed by atoms with Gasteiger partial charge in [-0.1, -0.05) is 26.0 Å². The lowest BCUT2D eigenvalue weighted by Crippen LogP contribution is -1.91. The number of nitrogens with zero attached hydrogens (tertiary/aromatic N) is 3. The zero-order valence-corrected chi connectivity index (χ0v) is 19.0. The molecule has 0 spiro atoms. The Kier molecular flexibility index (Phi) is 6.05. The van der Waals surface area contributed by atoms with Gasteiger partial charge in [-0.15, -0.1) is 0 Å². The van der Waals surface area contributed by atoms with Gasteiger partial charge in [-0.25, -0.2) is 4.98 Å². The summed E-state index contributed by atoms with van der Waals surface area (Å²) < 4.78 is 6.16. The van der Waals surface area contributed by atoms with Crippen LogP contribution in [0.4, 0.5) is 11.4 Å². The van der Waals surface area contributed by atoms with Crippen molar-refractivity contribution in [3.8, 4) is 17.2 Å². The van der Waals surface area contributed by atoms with E-state index in [9.17, 15) is 15.2 Å². The second-order valence-electron chi connectivity index (χ2n) is 7.49. The number of benzene rings is 3. The first kappa shape index (κ1) is 21.7. The van der Waals surface area contributed by atoms with Crippen LogP contribution in [0.3, 0.4) is 0 Å². The average molecular weight is 494 g/mol. The molecule has 1 atom stereocenters. The highest BCUT2D eigenvalue weighted by molar-refractivity contribution is 9.10. The van der Waals surface area contributed by atoms with Gasteiger partial charge in [0.2, 0.25) is 5.89 Å². The molecule has 0 bridgehead atoms. The van der Waals surface area contributed by atoms with Gasteiger partial charge < -0.3 is 9.52 Å². The van der Waals surface area contributed by atoms with Gasteiger partial charge in [0.1, 0.15) is 11.3 Å². The molecule has 4 aromatic rings. The summed E-state index contributed by atoms with van der Waals surface area (Å²) in [6, 6.07) is 15.9. The summed E-state index contributed by atoms with van der Waals surface area (Å²) in [5, 5.41) is 21.3. The molecular formula is C24H20BrN3O4. The largest absolute Gasteiger partial charge is 0.506 e. The summed E-state index contributed by atoms with van der Waals surface area (Å²) in [6.45, 7) is 4.34. The van der Waals surface area contributed by atoms with E-state index in [1.165, 1.54) is 23.9 Å². The molecule has 1 heterocycles. The first-order valence-electron chi connectivity index (χ1n) is 10.1. The first-order valence-corrected chi connectivity index (χ1v) is 10.9. The Balaban J connectivity index is 1.65. The Morgan fingerprint density at radius 1 is 1.25 bits per heavy atom. The molecule has 162 valence electrons. The lowest BCUT2D eigenvalue weighted by Gasteiger charge is -2.07. The predicted octanol–water partition coefficient (Wildman–Crippen LogP) is 7.14. The minimum Gasteiger partial charge on any atom is -0.506 e. The number of phenolic OH excluding ortho intramolecular Hbond substituents is 1. The monoisotopic (exact) mass is 493 g/mol. The summed E-state index contributed by atoms with van der Waals surface area (Å²) >= 11 is 3.13. The van der Waals surface area contributed by atoms with E-state index < -0.39 is 4.92 Å². The van der Waals surface area contributed by atoms with Crippen LogP contribution in [-0.2, 0) is 0 Å². The highest BCUT2D eigenvalue weighted by Gasteiger charge is 2.14. The number of fused-ring (bicyclic) bond motifs is 1. The highest BCUT2D eigenvalue weighted by Crippen LogP contribution is 2.33. The van der Waals surface area contributed by atoms with Crippen molar-refractivity contribution in [3.05, 3.63) is 80.3 Å².